The molecule has 4 nitrogen and oxygen atoms in total. The van der Waals surface area contributed by atoms with E-state index >= 15 is 0 Å². The lowest BCUT2D eigenvalue weighted by atomic mass is 10.2. The third-order valence-electron chi connectivity index (χ3n) is 2.86. The number of nitrogens with one attached hydrogen (secondary N) is 1. The molecule has 2 aromatic carbocycles. The van der Waals surface area contributed by atoms with Gasteiger partial charge in [0.15, 0.2) is 6.61 Å². The van der Waals surface area contributed by atoms with Gasteiger partial charge in [-0.1, -0.05) is 51.3 Å². The maximum absolute atomic E-state index is 11.9. The molecule has 2 aromatic rings. The summed E-state index contributed by atoms with van der Waals surface area (Å²) in [5.41, 5.74) is 1.09. The molecular formula is C16H12BrCl2NO3. The Balaban J connectivity index is 1.83. The molecule has 0 heterocycles. The van der Waals surface area contributed by atoms with Crippen molar-refractivity contribution in [3.8, 4) is 0 Å². The summed E-state index contributed by atoms with van der Waals surface area (Å²) in [6.07, 6.45) is 0. The first-order valence-electron chi connectivity index (χ1n) is 6.59. The monoisotopic (exact) mass is 415 g/mol. The number of rotatable bonds is 5. The van der Waals surface area contributed by atoms with Crippen molar-refractivity contribution >= 4 is 51.0 Å². The first-order valence-corrected chi connectivity index (χ1v) is 8.14. The summed E-state index contributed by atoms with van der Waals surface area (Å²) in [5.74, 6) is -1.08. The van der Waals surface area contributed by atoms with E-state index in [9.17, 15) is 9.59 Å². The van der Waals surface area contributed by atoms with E-state index in [4.69, 9.17) is 27.9 Å². The van der Waals surface area contributed by atoms with E-state index in [0.29, 0.717) is 11.6 Å². The van der Waals surface area contributed by atoms with Gasteiger partial charge in [-0.3, -0.25) is 4.79 Å². The molecule has 1 N–H and O–H groups in total. The van der Waals surface area contributed by atoms with Crippen molar-refractivity contribution in [1.29, 1.82) is 0 Å². The summed E-state index contributed by atoms with van der Waals surface area (Å²) < 4.78 is 5.86. The van der Waals surface area contributed by atoms with Crippen LogP contribution in [0.15, 0.2) is 46.9 Å². The second-order valence-corrected chi connectivity index (χ2v) is 6.37. The number of halogens is 3. The van der Waals surface area contributed by atoms with Crippen molar-refractivity contribution in [3.05, 3.63) is 68.1 Å². The van der Waals surface area contributed by atoms with Crippen molar-refractivity contribution in [3.63, 3.8) is 0 Å². The number of benzene rings is 2. The molecule has 0 aliphatic rings. The van der Waals surface area contributed by atoms with Crippen molar-refractivity contribution < 1.29 is 14.3 Å². The maximum atomic E-state index is 11.9. The van der Waals surface area contributed by atoms with Crippen LogP contribution in [0.3, 0.4) is 0 Å². The molecule has 0 bridgehead atoms. The summed E-state index contributed by atoms with van der Waals surface area (Å²) in [7, 11) is 0. The first kappa shape index (κ1) is 17.8. The topological polar surface area (TPSA) is 55.4 Å². The highest BCUT2D eigenvalue weighted by atomic mass is 79.9. The molecule has 0 radical (unpaired) electrons. The van der Waals surface area contributed by atoms with Crippen molar-refractivity contribution in [2.75, 3.05) is 6.61 Å². The van der Waals surface area contributed by atoms with E-state index in [1.54, 1.807) is 0 Å². The quantitative estimate of drug-likeness (QED) is 0.742. The van der Waals surface area contributed by atoms with Crippen LogP contribution in [-0.4, -0.2) is 18.5 Å². The number of carbonyl (C=O) groups excluding carboxylic acids is 2. The number of amides is 1. The second-order valence-electron chi connectivity index (χ2n) is 4.61. The Bertz CT molecular complexity index is 737. The van der Waals surface area contributed by atoms with E-state index < -0.39 is 11.9 Å². The summed E-state index contributed by atoms with van der Waals surface area (Å²) in [4.78, 5) is 23.6. The Hall–Kier alpha value is -1.56. The van der Waals surface area contributed by atoms with Gasteiger partial charge in [0.1, 0.15) is 0 Å². The molecular weight excluding hydrogens is 405 g/mol. The highest BCUT2D eigenvalue weighted by Gasteiger charge is 2.14. The van der Waals surface area contributed by atoms with Gasteiger partial charge < -0.3 is 10.1 Å². The lowest BCUT2D eigenvalue weighted by molar-refractivity contribution is -0.124. The molecule has 0 spiro atoms. The van der Waals surface area contributed by atoms with Gasteiger partial charge in [0.2, 0.25) is 0 Å². The van der Waals surface area contributed by atoms with Crippen molar-refractivity contribution in [2.45, 2.75) is 6.54 Å². The van der Waals surface area contributed by atoms with Gasteiger partial charge in [-0.25, -0.2) is 4.79 Å². The van der Waals surface area contributed by atoms with Gasteiger partial charge in [0.05, 0.1) is 10.6 Å². The third-order valence-corrected chi connectivity index (χ3v) is 3.91. The minimum atomic E-state index is -0.677. The molecule has 2 rings (SSSR count). The van der Waals surface area contributed by atoms with Crippen LogP contribution in [0.4, 0.5) is 0 Å². The van der Waals surface area contributed by atoms with Crippen LogP contribution >= 0.6 is 39.1 Å². The molecule has 0 unspecified atom stereocenters. The minimum Gasteiger partial charge on any atom is -0.452 e. The average molecular weight is 417 g/mol. The molecule has 0 aromatic heterocycles. The van der Waals surface area contributed by atoms with E-state index in [1.165, 1.54) is 18.2 Å². The Labute approximate surface area is 151 Å². The van der Waals surface area contributed by atoms with Gasteiger partial charge in [-0.2, -0.15) is 0 Å². The second kappa shape index (κ2) is 8.34. The maximum Gasteiger partial charge on any atom is 0.340 e. The Morgan fingerprint density at radius 3 is 2.61 bits per heavy atom. The van der Waals surface area contributed by atoms with Gasteiger partial charge in [0, 0.05) is 16.0 Å². The minimum absolute atomic E-state index is 0.163. The number of hydrogen-bond donors (Lipinski definition) is 1. The smallest absolute Gasteiger partial charge is 0.340 e. The van der Waals surface area contributed by atoms with Gasteiger partial charge in [0.25, 0.3) is 5.91 Å². The molecule has 0 atom stereocenters. The zero-order chi connectivity index (χ0) is 16.8. The SMILES string of the molecule is O=C(COC(=O)c1ccc(Cl)cc1Cl)NCc1cccc(Br)c1. The fourth-order valence-corrected chi connectivity index (χ4v) is 2.69. The predicted octanol–water partition coefficient (Wildman–Crippen LogP) is 4.23. The number of ether oxygens (including phenoxy) is 1. The van der Waals surface area contributed by atoms with Gasteiger partial charge >= 0.3 is 5.97 Å². The number of carbonyl (C=O) groups is 2. The van der Waals surface area contributed by atoms with Crippen LogP contribution in [0, 0.1) is 0 Å². The molecule has 0 saturated carbocycles. The molecule has 1 amide bonds. The average Bonchev–Trinajstić information content (AvgIpc) is 2.50. The molecule has 7 heteroatoms. The normalized spacial score (nSPS) is 10.2. The van der Waals surface area contributed by atoms with E-state index in [0.717, 1.165) is 10.0 Å². The Kier molecular flexibility index (Phi) is 6.45. The molecule has 120 valence electrons. The molecule has 0 aliphatic carbocycles. The molecule has 0 aliphatic heterocycles. The lowest BCUT2D eigenvalue weighted by Crippen LogP contribution is -2.28. The van der Waals surface area contributed by atoms with Crippen LogP contribution in [-0.2, 0) is 16.1 Å². The fourth-order valence-electron chi connectivity index (χ4n) is 1.76. The van der Waals surface area contributed by atoms with E-state index in [2.05, 4.69) is 21.2 Å². The highest BCUT2D eigenvalue weighted by Crippen LogP contribution is 2.21. The highest BCUT2D eigenvalue weighted by molar-refractivity contribution is 9.10. The van der Waals surface area contributed by atoms with Crippen molar-refractivity contribution in [1.82, 2.24) is 5.32 Å². The van der Waals surface area contributed by atoms with Gasteiger partial charge in [-0.15, -0.1) is 0 Å². The summed E-state index contributed by atoms with van der Waals surface area (Å²) >= 11 is 15.0. The molecule has 0 saturated heterocycles. The molecule has 0 fully saturated rings. The summed E-state index contributed by atoms with van der Waals surface area (Å²) in [6, 6.07) is 11.9. The van der Waals surface area contributed by atoms with Crippen LogP contribution in [0.1, 0.15) is 15.9 Å². The Morgan fingerprint density at radius 1 is 1.13 bits per heavy atom. The lowest BCUT2D eigenvalue weighted by Gasteiger charge is -2.08. The van der Waals surface area contributed by atoms with Crippen LogP contribution in [0.25, 0.3) is 0 Å². The first-order chi connectivity index (χ1) is 11.0. The van der Waals surface area contributed by atoms with Crippen LogP contribution in [0.5, 0.6) is 0 Å². The van der Waals surface area contributed by atoms with Crippen molar-refractivity contribution in [2.24, 2.45) is 0 Å². The van der Waals surface area contributed by atoms with E-state index in [-0.39, 0.29) is 17.2 Å². The summed E-state index contributed by atoms with van der Waals surface area (Å²) in [5, 5.41) is 3.26. The number of hydrogen-bond acceptors (Lipinski definition) is 3. The number of esters is 1. The Morgan fingerprint density at radius 2 is 1.91 bits per heavy atom. The standard InChI is InChI=1S/C16H12BrCl2NO3/c17-11-3-1-2-10(6-11)8-20-15(21)9-23-16(22)13-5-4-12(18)7-14(13)19/h1-7H,8-9H2,(H,20,21). The summed E-state index contributed by atoms with van der Waals surface area (Å²) in [6.45, 7) is -0.0384. The largest absolute Gasteiger partial charge is 0.452 e. The third kappa shape index (κ3) is 5.53. The fraction of sp³-hybridized carbons (Fsp3) is 0.125. The zero-order valence-electron chi connectivity index (χ0n) is 11.8. The van der Waals surface area contributed by atoms with Gasteiger partial charge in [-0.05, 0) is 35.9 Å². The van der Waals surface area contributed by atoms with E-state index in [1.807, 2.05) is 24.3 Å². The van der Waals surface area contributed by atoms with Crippen LogP contribution in [0.2, 0.25) is 10.0 Å². The predicted molar refractivity (Wildman–Crippen MR) is 92.7 cm³/mol. The zero-order valence-corrected chi connectivity index (χ0v) is 14.9. The molecule has 23 heavy (non-hydrogen) atoms. The van der Waals surface area contributed by atoms with Crippen LogP contribution < -0.4 is 5.32 Å².